The first-order valence-corrected chi connectivity index (χ1v) is 12.2. The summed E-state index contributed by atoms with van der Waals surface area (Å²) in [6, 6.07) is 23.6. The lowest BCUT2D eigenvalue weighted by atomic mass is 10.4. The van der Waals surface area contributed by atoms with E-state index in [1.54, 1.807) is 0 Å². The third kappa shape index (κ3) is 4.30. The molecule has 0 aliphatic carbocycles. The van der Waals surface area contributed by atoms with E-state index in [4.69, 9.17) is 4.18 Å². The lowest BCUT2D eigenvalue weighted by Crippen LogP contribution is -2.12. The number of benzene rings is 3. The van der Waals surface area contributed by atoms with Crippen molar-refractivity contribution in [3.05, 3.63) is 83.5 Å². The van der Waals surface area contributed by atoms with Gasteiger partial charge in [-0.05, 0) is 151 Å². The van der Waals surface area contributed by atoms with E-state index in [1.807, 2.05) is 72.8 Å². The summed E-state index contributed by atoms with van der Waals surface area (Å²) in [4.78, 5) is 14.3. The number of rotatable bonds is 4. The maximum Gasteiger partial charge on any atom is 0.517 e. The van der Waals surface area contributed by atoms with Crippen LogP contribution in [0.25, 0.3) is 0 Å². The molecule has 0 saturated carbocycles. The Morgan fingerprint density at radius 3 is 1.15 bits per heavy atom. The topological polar surface area (TPSA) is 46.5 Å². The first-order chi connectivity index (χ1) is 12.4. The molecular weight excluding hydrogens is 689 g/mol. The van der Waals surface area contributed by atoms with Crippen molar-refractivity contribution in [1.82, 2.24) is 0 Å². The Morgan fingerprint density at radius 1 is 0.654 bits per heavy atom. The molecule has 0 amide bonds. The fourth-order valence-electron chi connectivity index (χ4n) is 2.54. The minimum atomic E-state index is -2.39. The fraction of sp³-hybridized carbons (Fsp3) is 0. The van der Waals surface area contributed by atoms with E-state index in [0.29, 0.717) is 0 Å². The number of carbonyl (C=O) groups is 1. The van der Waals surface area contributed by atoms with E-state index in [1.165, 1.54) is 0 Å². The summed E-state index contributed by atoms with van der Waals surface area (Å²) < 4.78 is 8.96. The van der Waals surface area contributed by atoms with E-state index in [0.717, 1.165) is 25.4 Å². The molecule has 0 aliphatic heterocycles. The number of carboxylic acid groups (broad SMARTS) is 1. The molecule has 1 N–H and O–H groups in total. The molecule has 0 radical (unpaired) electrons. The first-order valence-electron chi connectivity index (χ1n) is 7.44. The van der Waals surface area contributed by atoms with E-state index < -0.39 is 16.5 Å². The minimum Gasteiger partial charge on any atom is -0.449 e. The van der Waals surface area contributed by atoms with Crippen molar-refractivity contribution in [2.45, 2.75) is 14.7 Å². The molecule has 0 atom stereocenters. The second-order valence-corrected chi connectivity index (χ2v) is 11.7. The number of halogens is 3. The van der Waals surface area contributed by atoms with Gasteiger partial charge in [-0.15, -0.1) is 0 Å². The average Bonchev–Trinajstić information content (AvgIpc) is 2.62. The van der Waals surface area contributed by atoms with E-state index >= 15 is 0 Å². The molecule has 0 spiro atoms. The van der Waals surface area contributed by atoms with Gasteiger partial charge in [0.15, 0.2) is 0 Å². The highest BCUT2D eigenvalue weighted by Crippen LogP contribution is 2.69. The van der Waals surface area contributed by atoms with Crippen LogP contribution >= 0.6 is 78.1 Å². The van der Waals surface area contributed by atoms with Gasteiger partial charge < -0.3 is 9.29 Å². The summed E-state index contributed by atoms with van der Waals surface area (Å²) in [7, 11) is -2.39. The summed E-state index contributed by atoms with van der Waals surface area (Å²) in [5.74, 6) is 0. The third-order valence-electron chi connectivity index (χ3n) is 3.63. The van der Waals surface area contributed by atoms with E-state index in [-0.39, 0.29) is 0 Å². The number of hydrogen-bond acceptors (Lipinski definition) is 2. The van der Waals surface area contributed by atoms with Gasteiger partial charge in [0.1, 0.15) is 0 Å². The molecule has 3 nitrogen and oxygen atoms in total. The highest BCUT2D eigenvalue weighted by Gasteiger charge is 2.35. The molecule has 3 aromatic rings. The van der Waals surface area contributed by atoms with Gasteiger partial charge in [0.2, 0.25) is 0 Å². The Balaban J connectivity index is 2.33. The standard InChI is InChI=1S/C19H13I3O3S/c20-13-1-7-16(8-2-13)26(25-19(23)24,17-9-3-14(21)4-10-17)18-11-5-15(22)6-12-18/h1-12H,(H,23,24). The molecule has 0 saturated heterocycles. The van der Waals surface area contributed by atoms with Crippen molar-refractivity contribution in [3.8, 4) is 0 Å². The molecule has 0 aliphatic rings. The normalized spacial score (nSPS) is 11.8. The Hall–Kier alpha value is -0.530. The zero-order chi connectivity index (χ0) is 18.7. The Labute approximate surface area is 194 Å². The Kier molecular flexibility index (Phi) is 6.73. The monoisotopic (exact) mass is 702 g/mol. The summed E-state index contributed by atoms with van der Waals surface area (Å²) in [6.45, 7) is 0. The maximum atomic E-state index is 11.7. The summed E-state index contributed by atoms with van der Waals surface area (Å²) >= 11 is 6.71. The SMILES string of the molecule is O=C(O)OS(c1ccc(I)cc1)(c1ccc(I)cc1)c1ccc(I)cc1. The predicted molar refractivity (Wildman–Crippen MR) is 129 cm³/mol. The van der Waals surface area contributed by atoms with Crippen LogP contribution in [0.1, 0.15) is 0 Å². The lowest BCUT2D eigenvalue weighted by Gasteiger charge is -2.38. The highest BCUT2D eigenvalue weighted by molar-refractivity contribution is 14.1. The molecule has 134 valence electrons. The molecule has 7 heteroatoms. The van der Waals surface area contributed by atoms with Gasteiger partial charge in [-0.25, -0.2) is 4.79 Å². The predicted octanol–water partition coefficient (Wildman–Crippen LogP) is 7.39. The zero-order valence-electron chi connectivity index (χ0n) is 13.2. The van der Waals surface area contributed by atoms with Gasteiger partial charge in [-0.2, -0.15) is 0 Å². The van der Waals surface area contributed by atoms with Gasteiger partial charge in [-0.3, -0.25) is 0 Å². The van der Waals surface area contributed by atoms with Crippen LogP contribution in [0.3, 0.4) is 0 Å². The van der Waals surface area contributed by atoms with Crippen LogP contribution in [0, 0.1) is 10.7 Å². The van der Waals surface area contributed by atoms with Crippen molar-refractivity contribution < 1.29 is 14.1 Å². The average molecular weight is 702 g/mol. The quantitative estimate of drug-likeness (QED) is 0.289. The van der Waals surface area contributed by atoms with Crippen molar-refractivity contribution in [2.24, 2.45) is 0 Å². The van der Waals surface area contributed by atoms with Crippen LogP contribution < -0.4 is 0 Å². The second-order valence-electron chi connectivity index (χ2n) is 5.27. The van der Waals surface area contributed by atoms with Crippen molar-refractivity contribution >= 4 is 84.2 Å². The van der Waals surface area contributed by atoms with E-state index in [9.17, 15) is 9.90 Å². The maximum absolute atomic E-state index is 11.7. The lowest BCUT2D eigenvalue weighted by molar-refractivity contribution is 0.150. The van der Waals surface area contributed by atoms with Crippen LogP contribution in [0.15, 0.2) is 87.5 Å². The van der Waals surface area contributed by atoms with Gasteiger partial charge in [0.05, 0.1) is 0 Å². The third-order valence-corrected chi connectivity index (χ3v) is 8.99. The van der Waals surface area contributed by atoms with Gasteiger partial charge >= 0.3 is 6.16 Å². The summed E-state index contributed by atoms with van der Waals surface area (Å²) in [5, 5.41) is 9.59. The van der Waals surface area contributed by atoms with Gasteiger partial charge in [0, 0.05) is 25.4 Å². The molecule has 26 heavy (non-hydrogen) atoms. The summed E-state index contributed by atoms with van der Waals surface area (Å²) in [5.41, 5.74) is 0. The molecule has 0 aromatic heterocycles. The molecule has 3 rings (SSSR count). The largest absolute Gasteiger partial charge is 0.517 e. The molecule has 0 heterocycles. The molecule has 3 aromatic carbocycles. The Morgan fingerprint density at radius 2 is 0.923 bits per heavy atom. The highest BCUT2D eigenvalue weighted by atomic mass is 127. The van der Waals surface area contributed by atoms with Crippen LogP contribution in [0.4, 0.5) is 4.79 Å². The van der Waals surface area contributed by atoms with Crippen LogP contribution in [0.2, 0.25) is 0 Å². The first kappa shape index (κ1) is 20.2. The Bertz CT molecular complexity index is 799. The molecule has 0 fully saturated rings. The van der Waals surface area contributed by atoms with Crippen LogP contribution in [-0.4, -0.2) is 11.3 Å². The second kappa shape index (κ2) is 8.65. The van der Waals surface area contributed by atoms with Crippen molar-refractivity contribution in [1.29, 1.82) is 0 Å². The van der Waals surface area contributed by atoms with Crippen molar-refractivity contribution in [2.75, 3.05) is 0 Å². The van der Waals surface area contributed by atoms with Gasteiger partial charge in [-0.1, -0.05) is 0 Å². The van der Waals surface area contributed by atoms with Crippen LogP contribution in [-0.2, 0) is 4.18 Å². The molecule has 0 unspecified atom stereocenters. The number of hydrogen-bond donors (Lipinski definition) is 1. The smallest absolute Gasteiger partial charge is 0.449 e. The zero-order valence-corrected chi connectivity index (χ0v) is 20.5. The van der Waals surface area contributed by atoms with E-state index in [2.05, 4.69) is 67.8 Å². The summed E-state index contributed by atoms with van der Waals surface area (Å²) in [6.07, 6.45) is -1.28. The van der Waals surface area contributed by atoms with Crippen molar-refractivity contribution in [3.63, 3.8) is 0 Å². The molecular formula is C19H13I3O3S. The fourth-order valence-corrected chi connectivity index (χ4v) is 6.49. The van der Waals surface area contributed by atoms with Gasteiger partial charge in [0.25, 0.3) is 0 Å². The van der Waals surface area contributed by atoms with Crippen LogP contribution in [0.5, 0.6) is 0 Å². The minimum absolute atomic E-state index is 0.850. The molecule has 0 bridgehead atoms.